The molecule has 1 heteroatoms. The van der Waals surface area contributed by atoms with Crippen LogP contribution in [-0.4, -0.2) is 0 Å². The predicted molar refractivity (Wildman–Crippen MR) is 68.7 cm³/mol. The quantitative estimate of drug-likeness (QED) is 0.656. The summed E-state index contributed by atoms with van der Waals surface area (Å²) in [5, 5.41) is 8.65. The maximum absolute atomic E-state index is 8.65. The van der Waals surface area contributed by atoms with Crippen LogP contribution in [0.15, 0.2) is 24.8 Å². The van der Waals surface area contributed by atoms with Gasteiger partial charge in [0.2, 0.25) is 0 Å². The van der Waals surface area contributed by atoms with Crippen LogP contribution in [0.4, 0.5) is 0 Å². The first-order chi connectivity index (χ1) is 7.27. The van der Waals surface area contributed by atoms with E-state index < -0.39 is 0 Å². The minimum atomic E-state index is 0.724. The number of hydrogen-bond acceptors (Lipinski definition) is 1. The van der Waals surface area contributed by atoms with Gasteiger partial charge in [-0.1, -0.05) is 52.5 Å². The highest BCUT2D eigenvalue weighted by Gasteiger charge is 1.95. The normalized spacial score (nSPS) is 7.20. The Morgan fingerprint density at radius 2 is 1.73 bits per heavy atom. The second-order valence-corrected chi connectivity index (χ2v) is 2.39. The van der Waals surface area contributed by atoms with E-state index >= 15 is 0 Å². The van der Waals surface area contributed by atoms with Gasteiger partial charge in [0.1, 0.15) is 0 Å². The molecule has 0 aliphatic heterocycles. The molecule has 0 saturated carbocycles. The van der Waals surface area contributed by atoms with E-state index in [0.717, 1.165) is 16.7 Å². The lowest BCUT2D eigenvalue weighted by Gasteiger charge is -1.97. The van der Waals surface area contributed by atoms with E-state index in [1.54, 1.807) is 6.08 Å². The summed E-state index contributed by atoms with van der Waals surface area (Å²) < 4.78 is 0. The Morgan fingerprint density at radius 1 is 1.20 bits per heavy atom. The number of benzene rings is 1. The van der Waals surface area contributed by atoms with Crippen molar-refractivity contribution in [2.45, 2.75) is 34.6 Å². The van der Waals surface area contributed by atoms with Crippen LogP contribution < -0.4 is 0 Å². The zero-order valence-corrected chi connectivity index (χ0v) is 10.5. The first-order valence-corrected chi connectivity index (χ1v) is 5.41. The summed E-state index contributed by atoms with van der Waals surface area (Å²) in [5.74, 6) is 0. The van der Waals surface area contributed by atoms with E-state index in [1.807, 2.05) is 52.8 Å². The van der Waals surface area contributed by atoms with Gasteiger partial charge >= 0.3 is 0 Å². The molecule has 1 rings (SSSR count). The molecule has 1 aromatic rings. The summed E-state index contributed by atoms with van der Waals surface area (Å²) >= 11 is 0. The summed E-state index contributed by atoms with van der Waals surface area (Å²) in [4.78, 5) is 0. The lowest BCUT2D eigenvalue weighted by molar-refractivity contribution is 1.39. The third kappa shape index (κ3) is 5.70. The molecular formula is C14H21N. The van der Waals surface area contributed by atoms with E-state index in [0.29, 0.717) is 0 Å². The molecule has 0 atom stereocenters. The molecule has 0 fully saturated rings. The summed E-state index contributed by atoms with van der Waals surface area (Å²) in [6, 6.07) is 7.83. The highest BCUT2D eigenvalue weighted by Crippen LogP contribution is 2.10. The van der Waals surface area contributed by atoms with Gasteiger partial charge in [0, 0.05) is 0 Å². The summed E-state index contributed by atoms with van der Waals surface area (Å²) in [7, 11) is 0. The number of nitrogens with zero attached hydrogens (tertiary/aromatic N) is 1. The SMILES string of the molecule is C=Cc1ccc(C)c(C#N)c1.CC.CC. The van der Waals surface area contributed by atoms with Crippen molar-refractivity contribution in [1.29, 1.82) is 5.26 Å². The minimum absolute atomic E-state index is 0.724. The molecule has 1 nitrogen and oxygen atoms in total. The average molecular weight is 203 g/mol. The number of hydrogen-bond donors (Lipinski definition) is 0. The molecule has 82 valence electrons. The molecule has 0 amide bonds. The number of nitriles is 1. The van der Waals surface area contributed by atoms with E-state index in [2.05, 4.69) is 12.6 Å². The molecule has 0 bridgehead atoms. The molecule has 1 aromatic carbocycles. The van der Waals surface area contributed by atoms with Crippen molar-refractivity contribution in [2.24, 2.45) is 0 Å². The van der Waals surface area contributed by atoms with Crippen molar-refractivity contribution in [3.8, 4) is 6.07 Å². The van der Waals surface area contributed by atoms with Crippen molar-refractivity contribution < 1.29 is 0 Å². The summed E-state index contributed by atoms with van der Waals surface area (Å²) in [6.45, 7) is 13.5. The zero-order valence-electron chi connectivity index (χ0n) is 10.5. The van der Waals surface area contributed by atoms with Gasteiger partial charge in [0.25, 0.3) is 0 Å². The van der Waals surface area contributed by atoms with E-state index in [9.17, 15) is 0 Å². The number of rotatable bonds is 1. The highest BCUT2D eigenvalue weighted by molar-refractivity contribution is 5.52. The van der Waals surface area contributed by atoms with Gasteiger partial charge in [-0.15, -0.1) is 0 Å². The third-order valence-corrected chi connectivity index (χ3v) is 1.62. The Balaban J connectivity index is 0. The van der Waals surface area contributed by atoms with Crippen LogP contribution in [-0.2, 0) is 0 Å². The third-order valence-electron chi connectivity index (χ3n) is 1.62. The molecular weight excluding hydrogens is 182 g/mol. The first-order valence-electron chi connectivity index (χ1n) is 5.41. The molecule has 0 spiro atoms. The Labute approximate surface area is 94.1 Å². The summed E-state index contributed by atoms with van der Waals surface area (Å²) in [6.07, 6.45) is 1.74. The monoisotopic (exact) mass is 203 g/mol. The first kappa shape index (κ1) is 15.9. The van der Waals surface area contributed by atoms with Crippen molar-refractivity contribution in [2.75, 3.05) is 0 Å². The molecule has 0 unspecified atom stereocenters. The van der Waals surface area contributed by atoms with Crippen LogP contribution in [0, 0.1) is 18.3 Å². The van der Waals surface area contributed by atoms with Crippen LogP contribution in [0.5, 0.6) is 0 Å². The van der Waals surface area contributed by atoms with Crippen molar-refractivity contribution in [3.05, 3.63) is 41.5 Å². The van der Waals surface area contributed by atoms with E-state index in [-0.39, 0.29) is 0 Å². The average Bonchev–Trinajstić information content (AvgIpc) is 2.35. The second kappa shape index (κ2) is 10.5. The molecule has 0 aromatic heterocycles. The molecule has 0 saturated heterocycles. The van der Waals surface area contributed by atoms with Crippen LogP contribution in [0.2, 0.25) is 0 Å². The Kier molecular flexibility index (Phi) is 11.2. The lowest BCUT2D eigenvalue weighted by Crippen LogP contribution is -1.82. The minimum Gasteiger partial charge on any atom is -0.192 e. The van der Waals surface area contributed by atoms with Gasteiger partial charge in [0.05, 0.1) is 11.6 Å². The molecule has 0 radical (unpaired) electrons. The van der Waals surface area contributed by atoms with Crippen LogP contribution in [0.3, 0.4) is 0 Å². The number of aryl methyl sites for hydroxylation is 1. The van der Waals surface area contributed by atoms with E-state index in [4.69, 9.17) is 5.26 Å². The Bertz CT molecular complexity index is 319. The second-order valence-electron chi connectivity index (χ2n) is 2.39. The summed E-state index contributed by atoms with van der Waals surface area (Å²) in [5.41, 5.74) is 2.73. The topological polar surface area (TPSA) is 23.8 Å². The van der Waals surface area contributed by atoms with Gasteiger partial charge in [-0.3, -0.25) is 0 Å². The maximum Gasteiger partial charge on any atom is 0.0994 e. The molecule has 0 heterocycles. The van der Waals surface area contributed by atoms with Crippen LogP contribution in [0.25, 0.3) is 6.08 Å². The Morgan fingerprint density at radius 3 is 2.13 bits per heavy atom. The molecule has 0 aliphatic carbocycles. The largest absolute Gasteiger partial charge is 0.192 e. The standard InChI is InChI=1S/C10H9N.2C2H6/c1-3-9-5-4-8(2)10(6-9)7-11;2*1-2/h3-6H,1H2,2H3;2*1-2H3. The molecule has 0 aliphatic rings. The van der Waals surface area contributed by atoms with Crippen molar-refractivity contribution in [3.63, 3.8) is 0 Å². The van der Waals surface area contributed by atoms with Crippen LogP contribution >= 0.6 is 0 Å². The smallest absolute Gasteiger partial charge is 0.0994 e. The van der Waals surface area contributed by atoms with Gasteiger partial charge in [-0.25, -0.2) is 0 Å². The maximum atomic E-state index is 8.65. The molecule has 0 N–H and O–H groups in total. The molecule has 15 heavy (non-hydrogen) atoms. The lowest BCUT2D eigenvalue weighted by atomic mass is 10.1. The fourth-order valence-corrected chi connectivity index (χ4v) is 0.887. The van der Waals surface area contributed by atoms with Gasteiger partial charge < -0.3 is 0 Å². The van der Waals surface area contributed by atoms with Gasteiger partial charge in [-0.05, 0) is 24.1 Å². The van der Waals surface area contributed by atoms with E-state index in [1.165, 1.54) is 0 Å². The van der Waals surface area contributed by atoms with Crippen LogP contribution in [0.1, 0.15) is 44.4 Å². The van der Waals surface area contributed by atoms with Crippen molar-refractivity contribution >= 4 is 6.08 Å². The Hall–Kier alpha value is -1.55. The zero-order chi connectivity index (χ0) is 12.3. The van der Waals surface area contributed by atoms with Gasteiger partial charge in [-0.2, -0.15) is 5.26 Å². The fourth-order valence-electron chi connectivity index (χ4n) is 0.887. The van der Waals surface area contributed by atoms with Gasteiger partial charge in [0.15, 0.2) is 0 Å². The highest BCUT2D eigenvalue weighted by atomic mass is 14.2. The van der Waals surface area contributed by atoms with Crippen molar-refractivity contribution in [1.82, 2.24) is 0 Å². The fraction of sp³-hybridized carbons (Fsp3) is 0.357. The predicted octanol–water partition coefficient (Wildman–Crippen LogP) is 4.56.